The number of rotatable bonds is 4. The third-order valence-electron chi connectivity index (χ3n) is 3.33. The Morgan fingerprint density at radius 3 is 2.33 bits per heavy atom. The van der Waals surface area contributed by atoms with Gasteiger partial charge in [0.25, 0.3) is 0 Å². The van der Waals surface area contributed by atoms with E-state index in [1.54, 1.807) is 0 Å². The molecular formula is C15H20N4OS. The molecule has 0 saturated heterocycles. The maximum Gasteiger partial charge on any atom is 0.234 e. The van der Waals surface area contributed by atoms with Gasteiger partial charge in [-0.15, -0.1) is 10.2 Å². The maximum absolute atomic E-state index is 12.1. The molecule has 0 spiro atoms. The second-order valence-corrected chi connectivity index (χ2v) is 6.14. The number of anilines is 1. The summed E-state index contributed by atoms with van der Waals surface area (Å²) in [7, 11) is 1.89. The molecule has 0 aliphatic carbocycles. The number of amides is 1. The first kappa shape index (κ1) is 15.6. The molecule has 5 nitrogen and oxygen atoms in total. The molecule has 0 aliphatic heterocycles. The zero-order valence-corrected chi connectivity index (χ0v) is 13.8. The topological polar surface area (TPSA) is 59.8 Å². The first-order valence-electron chi connectivity index (χ1n) is 6.75. The highest BCUT2D eigenvalue weighted by atomic mass is 32.2. The van der Waals surface area contributed by atoms with E-state index in [2.05, 4.69) is 34.6 Å². The van der Waals surface area contributed by atoms with Crippen molar-refractivity contribution >= 4 is 23.4 Å². The molecule has 1 N–H and O–H groups in total. The Morgan fingerprint density at radius 2 is 1.81 bits per heavy atom. The Hall–Kier alpha value is -1.82. The predicted octanol–water partition coefficient (Wildman–Crippen LogP) is 2.78. The first-order chi connectivity index (χ1) is 9.88. The molecule has 0 aliphatic rings. The van der Waals surface area contributed by atoms with E-state index in [9.17, 15) is 4.79 Å². The van der Waals surface area contributed by atoms with E-state index < -0.39 is 0 Å². The lowest BCUT2D eigenvalue weighted by molar-refractivity contribution is -0.113. The van der Waals surface area contributed by atoms with Crippen molar-refractivity contribution in [3.05, 3.63) is 34.6 Å². The van der Waals surface area contributed by atoms with Crippen molar-refractivity contribution < 1.29 is 4.79 Å². The van der Waals surface area contributed by atoms with Crippen molar-refractivity contribution in [1.29, 1.82) is 0 Å². The van der Waals surface area contributed by atoms with Crippen LogP contribution in [0.25, 0.3) is 0 Å². The smallest absolute Gasteiger partial charge is 0.234 e. The van der Waals surface area contributed by atoms with Crippen LogP contribution in [0.2, 0.25) is 0 Å². The molecule has 0 unspecified atom stereocenters. The Kier molecular flexibility index (Phi) is 4.67. The summed E-state index contributed by atoms with van der Waals surface area (Å²) < 4.78 is 1.88. The monoisotopic (exact) mass is 304 g/mol. The van der Waals surface area contributed by atoms with Crippen LogP contribution in [0.15, 0.2) is 17.3 Å². The van der Waals surface area contributed by atoms with Gasteiger partial charge in [0.05, 0.1) is 5.75 Å². The van der Waals surface area contributed by atoms with E-state index in [1.165, 1.54) is 17.3 Å². The Bertz CT molecular complexity index is 655. The summed E-state index contributed by atoms with van der Waals surface area (Å²) in [6, 6.07) is 4.14. The van der Waals surface area contributed by atoms with Crippen molar-refractivity contribution in [2.24, 2.45) is 7.05 Å². The van der Waals surface area contributed by atoms with Gasteiger partial charge in [-0.3, -0.25) is 4.79 Å². The molecular weight excluding hydrogens is 284 g/mol. The van der Waals surface area contributed by atoms with E-state index >= 15 is 0 Å². The van der Waals surface area contributed by atoms with Gasteiger partial charge in [0.2, 0.25) is 5.91 Å². The SMILES string of the molecule is Cc1cc(C)c(NC(=O)CSc2nnc(C)n2C)c(C)c1. The summed E-state index contributed by atoms with van der Waals surface area (Å²) in [4.78, 5) is 12.1. The highest BCUT2D eigenvalue weighted by molar-refractivity contribution is 7.99. The van der Waals surface area contributed by atoms with Crippen LogP contribution in [0.1, 0.15) is 22.5 Å². The van der Waals surface area contributed by atoms with Gasteiger partial charge in [-0.05, 0) is 38.8 Å². The third kappa shape index (κ3) is 3.64. The van der Waals surface area contributed by atoms with Gasteiger partial charge in [-0.1, -0.05) is 29.5 Å². The highest BCUT2D eigenvalue weighted by Gasteiger charge is 2.11. The van der Waals surface area contributed by atoms with Crippen molar-refractivity contribution in [3.63, 3.8) is 0 Å². The zero-order chi connectivity index (χ0) is 15.6. The summed E-state index contributed by atoms with van der Waals surface area (Å²) in [5.74, 6) is 1.12. The van der Waals surface area contributed by atoms with Crippen LogP contribution in [0, 0.1) is 27.7 Å². The Balaban J connectivity index is 2.01. The Morgan fingerprint density at radius 1 is 1.19 bits per heavy atom. The molecule has 1 amide bonds. The standard InChI is InChI=1S/C15H20N4OS/c1-9-6-10(2)14(11(3)7-9)16-13(20)8-21-15-18-17-12(4)19(15)5/h6-7H,8H2,1-5H3,(H,16,20). The second kappa shape index (κ2) is 6.30. The van der Waals surface area contributed by atoms with Crippen molar-refractivity contribution in [1.82, 2.24) is 14.8 Å². The van der Waals surface area contributed by atoms with E-state index in [0.717, 1.165) is 27.8 Å². The number of aromatic nitrogens is 3. The second-order valence-electron chi connectivity index (χ2n) is 5.20. The minimum absolute atomic E-state index is 0.0318. The van der Waals surface area contributed by atoms with Crippen LogP contribution in [0.5, 0.6) is 0 Å². The van der Waals surface area contributed by atoms with Gasteiger partial charge in [-0.25, -0.2) is 0 Å². The van der Waals surface area contributed by atoms with Gasteiger partial charge in [0.15, 0.2) is 5.16 Å². The lowest BCUT2D eigenvalue weighted by Crippen LogP contribution is -2.16. The number of nitrogens with one attached hydrogen (secondary N) is 1. The number of thioether (sulfide) groups is 1. The molecule has 6 heteroatoms. The van der Waals surface area contributed by atoms with Crippen LogP contribution in [0.3, 0.4) is 0 Å². The lowest BCUT2D eigenvalue weighted by Gasteiger charge is -2.12. The molecule has 0 radical (unpaired) electrons. The van der Waals surface area contributed by atoms with Gasteiger partial charge in [0.1, 0.15) is 5.82 Å². The fourth-order valence-corrected chi connectivity index (χ4v) is 2.95. The number of benzene rings is 1. The average molecular weight is 304 g/mol. The highest BCUT2D eigenvalue weighted by Crippen LogP contribution is 2.23. The summed E-state index contributed by atoms with van der Waals surface area (Å²) in [6.45, 7) is 7.96. The fourth-order valence-electron chi connectivity index (χ4n) is 2.20. The van der Waals surface area contributed by atoms with E-state index in [1.807, 2.05) is 32.4 Å². The van der Waals surface area contributed by atoms with Gasteiger partial charge < -0.3 is 9.88 Å². The van der Waals surface area contributed by atoms with Crippen LogP contribution in [-0.4, -0.2) is 26.4 Å². The van der Waals surface area contributed by atoms with E-state index in [-0.39, 0.29) is 5.91 Å². The molecule has 2 rings (SSSR count). The fraction of sp³-hybridized carbons (Fsp3) is 0.400. The summed E-state index contributed by atoms with van der Waals surface area (Å²) in [5.41, 5.74) is 4.27. The number of aryl methyl sites for hydroxylation is 4. The molecule has 0 atom stereocenters. The number of nitrogens with zero attached hydrogens (tertiary/aromatic N) is 3. The van der Waals surface area contributed by atoms with Gasteiger partial charge >= 0.3 is 0 Å². The molecule has 112 valence electrons. The molecule has 1 aromatic heterocycles. The normalized spacial score (nSPS) is 10.7. The maximum atomic E-state index is 12.1. The molecule has 1 aromatic carbocycles. The number of carbonyl (C=O) groups excluding carboxylic acids is 1. The molecule has 2 aromatic rings. The lowest BCUT2D eigenvalue weighted by atomic mass is 10.1. The molecule has 21 heavy (non-hydrogen) atoms. The molecule has 0 bridgehead atoms. The Labute approximate surface area is 129 Å². The van der Waals surface area contributed by atoms with E-state index in [0.29, 0.717) is 5.75 Å². The van der Waals surface area contributed by atoms with Crippen LogP contribution >= 0.6 is 11.8 Å². The minimum atomic E-state index is -0.0318. The summed E-state index contributed by atoms with van der Waals surface area (Å²) in [6.07, 6.45) is 0. The minimum Gasteiger partial charge on any atom is -0.325 e. The first-order valence-corrected chi connectivity index (χ1v) is 7.73. The molecule has 1 heterocycles. The average Bonchev–Trinajstić information content (AvgIpc) is 2.72. The van der Waals surface area contributed by atoms with Gasteiger partial charge in [-0.2, -0.15) is 0 Å². The number of carbonyl (C=O) groups is 1. The molecule has 0 fully saturated rings. The van der Waals surface area contributed by atoms with Gasteiger partial charge in [0, 0.05) is 12.7 Å². The van der Waals surface area contributed by atoms with Crippen molar-refractivity contribution in [2.75, 3.05) is 11.1 Å². The van der Waals surface area contributed by atoms with E-state index in [4.69, 9.17) is 0 Å². The summed E-state index contributed by atoms with van der Waals surface area (Å²) >= 11 is 1.39. The predicted molar refractivity (Wildman–Crippen MR) is 85.7 cm³/mol. The van der Waals surface area contributed by atoms with Crippen LogP contribution in [-0.2, 0) is 11.8 Å². The summed E-state index contributed by atoms with van der Waals surface area (Å²) in [5, 5.41) is 11.7. The molecule has 0 saturated carbocycles. The van der Waals surface area contributed by atoms with Crippen LogP contribution < -0.4 is 5.32 Å². The van der Waals surface area contributed by atoms with Crippen molar-refractivity contribution in [2.45, 2.75) is 32.9 Å². The quantitative estimate of drug-likeness (QED) is 0.882. The number of hydrogen-bond donors (Lipinski definition) is 1. The third-order valence-corrected chi connectivity index (χ3v) is 4.35. The zero-order valence-electron chi connectivity index (χ0n) is 13.0. The number of hydrogen-bond acceptors (Lipinski definition) is 4. The largest absolute Gasteiger partial charge is 0.325 e. The van der Waals surface area contributed by atoms with Crippen molar-refractivity contribution in [3.8, 4) is 0 Å². The van der Waals surface area contributed by atoms with Crippen LogP contribution in [0.4, 0.5) is 5.69 Å².